The molecule has 0 aliphatic carbocycles. The smallest absolute Gasteiger partial charge is 0.331 e. The standard InChI is InChI=1S/C48H56O26/c1-17-31(55)35(59)37(61)47(68-17)74-44-38(62)41(71-29(54)11-5-19-4-10-23(51)26(12-19)64-3)28(16-66-46-39(63)42(32(56)18(2)67-46)72-45-36(60)33(57)25(53)15-65-45)70-48(44)73-43-34(58)30-24(52)13-22(50)14-27(30)69-40(43)20-6-8-21(49)9-7-20/h4-14,17-18,25,28,31-33,35-39,41-42,44-53,55-57,59-63H,15-16H2,1-3H3/b11-5-/t17-,18-,25+,28-,31-,32-,33-,35+,36+,37-,38-,39-,41-,42+,44+,45+,46-,47+,48-/m0/s1. The minimum atomic E-state index is -2.20. The lowest BCUT2D eigenvalue weighted by atomic mass is 9.97. The molecule has 26 heteroatoms. The van der Waals surface area contributed by atoms with E-state index in [1.165, 1.54) is 69.5 Å². The SMILES string of the molecule is COc1cc(/C=C\C(=O)O[C@@H]2[C@H](O)[C@@H](O[C@H]3O[C@@H](C)[C@H](O)[C@@H](O)[C@@H]3O)[C@H](Oc3c(-c4ccc(O)cc4)oc4cc(O)cc(O)c4c3=O)O[C@H]2CO[C@H]2O[C@@H](C)[C@H](O)[C@@H](O[C@H]3OC[C@@H](O)[C@H](O)[C@H]3O)[C@@H]2O)ccc1O. The second-order valence-corrected chi connectivity index (χ2v) is 17.9. The molecule has 0 bridgehead atoms. The van der Waals surface area contributed by atoms with Crippen molar-refractivity contribution in [1.82, 2.24) is 0 Å². The van der Waals surface area contributed by atoms with Crippen molar-refractivity contribution in [2.45, 2.75) is 131 Å². The van der Waals surface area contributed by atoms with Crippen LogP contribution in [-0.4, -0.2) is 209 Å². The summed E-state index contributed by atoms with van der Waals surface area (Å²) in [5, 5.41) is 139. The Balaban J connectivity index is 1.18. The first kappa shape index (κ1) is 54.5. The van der Waals surface area contributed by atoms with Gasteiger partial charge in [0.2, 0.25) is 17.5 Å². The topological polar surface area (TPSA) is 403 Å². The molecule has 0 saturated carbocycles. The second kappa shape index (κ2) is 22.6. The summed E-state index contributed by atoms with van der Waals surface area (Å²) < 4.78 is 64.1. The number of phenolic OH excluding ortho intramolecular Hbond substituents is 4. The summed E-state index contributed by atoms with van der Waals surface area (Å²) in [5.74, 6) is -3.95. The van der Waals surface area contributed by atoms with E-state index in [0.717, 1.165) is 18.2 Å². The van der Waals surface area contributed by atoms with E-state index in [9.17, 15) is 76.0 Å². The number of hydrogen-bond donors (Lipinski definition) is 13. The minimum Gasteiger partial charge on any atom is -0.508 e. The highest BCUT2D eigenvalue weighted by Crippen LogP contribution is 2.40. The molecule has 74 heavy (non-hydrogen) atoms. The number of phenols is 4. The lowest BCUT2D eigenvalue weighted by Crippen LogP contribution is -2.66. The van der Waals surface area contributed by atoms with Crippen LogP contribution >= 0.6 is 0 Å². The Bertz CT molecular complexity index is 2680. The fourth-order valence-corrected chi connectivity index (χ4v) is 8.66. The number of methoxy groups -OCH3 is 1. The molecule has 0 spiro atoms. The van der Waals surface area contributed by atoms with Gasteiger partial charge in [0.05, 0.1) is 32.5 Å². The zero-order valence-corrected chi connectivity index (χ0v) is 39.4. The average molecular weight is 1050 g/mol. The van der Waals surface area contributed by atoms with E-state index in [4.69, 9.17) is 51.8 Å². The van der Waals surface area contributed by atoms with Gasteiger partial charge in [-0.15, -0.1) is 0 Å². The van der Waals surface area contributed by atoms with Gasteiger partial charge in [-0.05, 0) is 61.9 Å². The number of aliphatic hydroxyl groups excluding tert-OH is 9. The maximum Gasteiger partial charge on any atom is 0.331 e. The predicted molar refractivity (Wildman–Crippen MR) is 244 cm³/mol. The van der Waals surface area contributed by atoms with E-state index in [1.807, 2.05) is 0 Å². The molecule has 4 aromatic rings. The first-order valence-electron chi connectivity index (χ1n) is 23.0. The molecular formula is C48H56O26. The Morgan fingerprint density at radius 3 is 2.05 bits per heavy atom. The quantitative estimate of drug-likeness (QED) is 0.0475. The zero-order chi connectivity index (χ0) is 53.4. The molecule has 8 rings (SSSR count). The van der Waals surface area contributed by atoms with Crippen molar-refractivity contribution in [2.75, 3.05) is 20.3 Å². The van der Waals surface area contributed by atoms with Crippen LogP contribution in [0.25, 0.3) is 28.4 Å². The highest BCUT2D eigenvalue weighted by atomic mass is 16.8. The lowest BCUT2D eigenvalue weighted by molar-refractivity contribution is -0.365. The van der Waals surface area contributed by atoms with Crippen LogP contribution in [0.3, 0.4) is 0 Å². The number of aromatic hydroxyl groups is 4. The van der Waals surface area contributed by atoms with Gasteiger partial charge in [0.15, 0.2) is 48.3 Å². The molecule has 1 aromatic heterocycles. The molecule has 4 fully saturated rings. The maximum atomic E-state index is 14.5. The summed E-state index contributed by atoms with van der Waals surface area (Å²) in [6.07, 6.45) is -31.6. The Morgan fingerprint density at radius 1 is 0.662 bits per heavy atom. The van der Waals surface area contributed by atoms with Gasteiger partial charge in [0.25, 0.3) is 0 Å². The third-order valence-electron chi connectivity index (χ3n) is 12.8. The van der Waals surface area contributed by atoms with E-state index < -0.39 is 170 Å². The van der Waals surface area contributed by atoms with Crippen LogP contribution in [0.1, 0.15) is 19.4 Å². The third-order valence-corrected chi connectivity index (χ3v) is 12.8. The molecule has 26 nitrogen and oxygen atoms in total. The largest absolute Gasteiger partial charge is 0.508 e. The lowest BCUT2D eigenvalue weighted by Gasteiger charge is -2.47. The molecule has 0 radical (unpaired) electrons. The number of esters is 1. The van der Waals surface area contributed by atoms with Crippen LogP contribution in [0.15, 0.2) is 69.9 Å². The monoisotopic (exact) mass is 1050 g/mol. The molecule has 3 aromatic carbocycles. The molecule has 13 N–H and O–H groups in total. The number of ether oxygens (including phenoxy) is 10. The summed E-state index contributed by atoms with van der Waals surface area (Å²) >= 11 is 0. The fraction of sp³-hybridized carbons (Fsp3) is 0.500. The predicted octanol–water partition coefficient (Wildman–Crippen LogP) is -2.10. The highest BCUT2D eigenvalue weighted by Gasteiger charge is 2.55. The number of carbonyl (C=O) groups excluding carboxylic acids is 1. The van der Waals surface area contributed by atoms with Crippen LogP contribution in [0.2, 0.25) is 0 Å². The summed E-state index contributed by atoms with van der Waals surface area (Å²) in [7, 11) is 1.30. The van der Waals surface area contributed by atoms with Crippen molar-refractivity contribution in [1.29, 1.82) is 0 Å². The molecule has 19 atom stereocenters. The van der Waals surface area contributed by atoms with Crippen LogP contribution < -0.4 is 14.9 Å². The molecule has 4 aliphatic heterocycles. The highest BCUT2D eigenvalue weighted by molar-refractivity contribution is 5.88. The van der Waals surface area contributed by atoms with E-state index in [0.29, 0.717) is 5.56 Å². The van der Waals surface area contributed by atoms with Gasteiger partial charge in [-0.25, -0.2) is 4.79 Å². The number of fused-ring (bicyclic) bond motifs is 1. The molecule has 0 unspecified atom stereocenters. The number of hydrogen-bond acceptors (Lipinski definition) is 26. The average Bonchev–Trinajstić information content (AvgIpc) is 3.36. The molecule has 404 valence electrons. The first-order valence-corrected chi connectivity index (χ1v) is 23.0. The Labute approximate surface area is 418 Å². The van der Waals surface area contributed by atoms with Gasteiger partial charge in [-0.3, -0.25) is 4.79 Å². The first-order chi connectivity index (χ1) is 35.1. The normalized spacial score (nSPS) is 35.6. The van der Waals surface area contributed by atoms with E-state index in [-0.39, 0.29) is 28.4 Å². The summed E-state index contributed by atoms with van der Waals surface area (Å²) in [4.78, 5) is 28.3. The van der Waals surface area contributed by atoms with E-state index in [2.05, 4.69) is 0 Å². The zero-order valence-electron chi connectivity index (χ0n) is 39.4. The minimum absolute atomic E-state index is 0.0572. The number of benzene rings is 3. The van der Waals surface area contributed by atoms with Crippen molar-refractivity contribution in [3.63, 3.8) is 0 Å². The third kappa shape index (κ3) is 11.3. The van der Waals surface area contributed by atoms with Crippen molar-refractivity contribution < 1.29 is 123 Å². The number of carbonyl (C=O) groups is 1. The van der Waals surface area contributed by atoms with Gasteiger partial charge < -0.3 is 118 Å². The van der Waals surface area contributed by atoms with Crippen molar-refractivity contribution in [3.8, 4) is 45.8 Å². The second-order valence-electron chi connectivity index (χ2n) is 17.9. The van der Waals surface area contributed by atoms with Crippen LogP contribution in [0.5, 0.6) is 34.5 Å². The van der Waals surface area contributed by atoms with Gasteiger partial charge in [-0.1, -0.05) is 6.07 Å². The van der Waals surface area contributed by atoms with Crippen LogP contribution in [-0.2, 0) is 42.7 Å². The summed E-state index contributed by atoms with van der Waals surface area (Å²) in [6.45, 7) is 1.35. The van der Waals surface area contributed by atoms with Gasteiger partial charge in [-0.2, -0.15) is 0 Å². The fourth-order valence-electron chi connectivity index (χ4n) is 8.66. The Kier molecular flexibility index (Phi) is 16.6. The number of rotatable bonds is 14. The Morgan fingerprint density at radius 2 is 1.34 bits per heavy atom. The van der Waals surface area contributed by atoms with Gasteiger partial charge in [0, 0.05) is 23.8 Å². The Hall–Kier alpha value is -5.76. The summed E-state index contributed by atoms with van der Waals surface area (Å²) in [6, 6.07) is 11.0. The van der Waals surface area contributed by atoms with E-state index in [1.54, 1.807) is 0 Å². The summed E-state index contributed by atoms with van der Waals surface area (Å²) in [5.41, 5.74) is -1.06. The van der Waals surface area contributed by atoms with E-state index >= 15 is 0 Å². The van der Waals surface area contributed by atoms with Crippen LogP contribution in [0, 0.1) is 0 Å². The van der Waals surface area contributed by atoms with Gasteiger partial charge in [0.1, 0.15) is 95.4 Å². The molecular weight excluding hydrogens is 993 g/mol. The molecule has 0 amide bonds. The van der Waals surface area contributed by atoms with Gasteiger partial charge >= 0.3 is 5.97 Å². The molecule has 5 heterocycles. The number of aliphatic hydroxyl groups is 9. The van der Waals surface area contributed by atoms with Crippen LogP contribution in [0.4, 0.5) is 0 Å². The molecule has 4 aliphatic rings. The molecule has 4 saturated heterocycles. The van der Waals surface area contributed by atoms with Crippen molar-refractivity contribution in [2.24, 2.45) is 0 Å². The van der Waals surface area contributed by atoms with Crippen molar-refractivity contribution in [3.05, 3.63) is 76.5 Å². The maximum absolute atomic E-state index is 14.5. The van der Waals surface area contributed by atoms with Crippen molar-refractivity contribution >= 4 is 23.0 Å².